The second kappa shape index (κ2) is 7.07. The fourth-order valence-corrected chi connectivity index (χ4v) is 2.42. The normalized spacial score (nSPS) is 12.5. The van der Waals surface area contributed by atoms with Crippen LogP contribution in [0.25, 0.3) is 0 Å². The molecule has 3 nitrogen and oxygen atoms in total. The van der Waals surface area contributed by atoms with Gasteiger partial charge in [-0.25, -0.2) is 9.37 Å². The van der Waals surface area contributed by atoms with Gasteiger partial charge in [-0.3, -0.25) is 4.90 Å². The largest absolute Gasteiger partial charge is 0.363 e. The van der Waals surface area contributed by atoms with Crippen molar-refractivity contribution in [2.24, 2.45) is 0 Å². The van der Waals surface area contributed by atoms with E-state index in [-0.39, 0.29) is 16.9 Å². The molecule has 0 N–H and O–H groups in total. The molecule has 0 radical (unpaired) electrons. The minimum absolute atomic E-state index is 0.131. The molecular weight excluding hydrogens is 301 g/mol. The van der Waals surface area contributed by atoms with E-state index in [0.717, 1.165) is 23.5 Å². The molecule has 2 rings (SSSR count). The third kappa shape index (κ3) is 3.96. The van der Waals surface area contributed by atoms with Gasteiger partial charge in [0.25, 0.3) is 0 Å². The minimum atomic E-state index is -0.385. The third-order valence-corrected chi connectivity index (χ3v) is 4.08. The lowest BCUT2D eigenvalue weighted by molar-refractivity contribution is 0.252. The molecule has 0 fully saturated rings. The van der Waals surface area contributed by atoms with E-state index in [1.807, 2.05) is 38.3 Å². The molecule has 1 unspecified atom stereocenters. The highest BCUT2D eigenvalue weighted by Gasteiger charge is 2.14. The first-order chi connectivity index (χ1) is 10.4. The summed E-state index contributed by atoms with van der Waals surface area (Å²) in [6, 6.07) is 9.08. The van der Waals surface area contributed by atoms with Crippen LogP contribution >= 0.6 is 11.6 Å². The summed E-state index contributed by atoms with van der Waals surface area (Å²) in [5.41, 5.74) is 2.12. The van der Waals surface area contributed by atoms with E-state index < -0.39 is 0 Å². The molecule has 22 heavy (non-hydrogen) atoms. The van der Waals surface area contributed by atoms with E-state index in [0.29, 0.717) is 0 Å². The zero-order valence-electron chi connectivity index (χ0n) is 13.3. The predicted octanol–water partition coefficient (Wildman–Crippen LogP) is 4.13. The van der Waals surface area contributed by atoms with Gasteiger partial charge < -0.3 is 4.90 Å². The van der Waals surface area contributed by atoms with Gasteiger partial charge in [-0.05, 0) is 43.3 Å². The van der Waals surface area contributed by atoms with Gasteiger partial charge >= 0.3 is 0 Å². The number of rotatable bonds is 5. The number of hydrogen-bond donors (Lipinski definition) is 0. The van der Waals surface area contributed by atoms with Gasteiger partial charge in [-0.2, -0.15) is 0 Å². The summed E-state index contributed by atoms with van der Waals surface area (Å²) < 4.78 is 13.3. The maximum absolute atomic E-state index is 13.3. The predicted molar refractivity (Wildman–Crippen MR) is 89.9 cm³/mol. The van der Waals surface area contributed by atoms with Crippen molar-refractivity contribution in [3.05, 3.63) is 58.5 Å². The minimum Gasteiger partial charge on any atom is -0.363 e. The van der Waals surface area contributed by atoms with E-state index in [1.165, 1.54) is 6.07 Å². The molecule has 0 aliphatic carbocycles. The van der Waals surface area contributed by atoms with E-state index >= 15 is 0 Å². The number of anilines is 1. The van der Waals surface area contributed by atoms with Crippen molar-refractivity contribution in [1.29, 1.82) is 0 Å². The fourth-order valence-electron chi connectivity index (χ4n) is 2.23. The average molecular weight is 322 g/mol. The molecule has 2 aromatic rings. The Morgan fingerprint density at radius 2 is 1.91 bits per heavy atom. The van der Waals surface area contributed by atoms with Gasteiger partial charge in [0.1, 0.15) is 11.6 Å². The van der Waals surface area contributed by atoms with Gasteiger partial charge in [0.15, 0.2) is 0 Å². The summed E-state index contributed by atoms with van der Waals surface area (Å²) in [5, 5.41) is 0.162. The SMILES string of the molecule is CC(c1ccc(F)c(Cl)c1)N(C)Cc1ccc(N(C)C)nc1. The Morgan fingerprint density at radius 3 is 2.45 bits per heavy atom. The molecule has 1 aromatic carbocycles. The van der Waals surface area contributed by atoms with Gasteiger partial charge in [0, 0.05) is 32.9 Å². The van der Waals surface area contributed by atoms with Crippen molar-refractivity contribution in [2.75, 3.05) is 26.0 Å². The molecule has 5 heteroatoms. The van der Waals surface area contributed by atoms with Gasteiger partial charge in [-0.15, -0.1) is 0 Å². The van der Waals surface area contributed by atoms with Crippen molar-refractivity contribution in [3.8, 4) is 0 Å². The van der Waals surface area contributed by atoms with Crippen LogP contribution in [0.3, 0.4) is 0 Å². The lowest BCUT2D eigenvalue weighted by Crippen LogP contribution is -2.22. The zero-order chi connectivity index (χ0) is 16.3. The Labute approximate surface area is 136 Å². The monoisotopic (exact) mass is 321 g/mol. The first-order valence-electron chi connectivity index (χ1n) is 7.16. The van der Waals surface area contributed by atoms with Crippen LogP contribution < -0.4 is 4.90 Å². The summed E-state index contributed by atoms with van der Waals surface area (Å²) >= 11 is 5.86. The van der Waals surface area contributed by atoms with Crippen LogP contribution in [0.5, 0.6) is 0 Å². The van der Waals surface area contributed by atoms with Gasteiger partial charge in [0.2, 0.25) is 0 Å². The number of aromatic nitrogens is 1. The molecule has 0 aliphatic heterocycles. The first-order valence-corrected chi connectivity index (χ1v) is 7.53. The summed E-state index contributed by atoms with van der Waals surface area (Å²) in [6.45, 7) is 2.84. The number of hydrogen-bond acceptors (Lipinski definition) is 3. The van der Waals surface area contributed by atoms with E-state index in [2.05, 4.69) is 22.9 Å². The van der Waals surface area contributed by atoms with Crippen LogP contribution in [0, 0.1) is 5.82 Å². The van der Waals surface area contributed by atoms with E-state index in [9.17, 15) is 4.39 Å². The van der Waals surface area contributed by atoms with Crippen LogP contribution in [0.1, 0.15) is 24.1 Å². The van der Waals surface area contributed by atoms with Crippen molar-refractivity contribution >= 4 is 17.4 Å². The topological polar surface area (TPSA) is 19.4 Å². The van der Waals surface area contributed by atoms with Crippen molar-refractivity contribution in [3.63, 3.8) is 0 Å². The summed E-state index contributed by atoms with van der Waals surface area (Å²) in [5.74, 6) is 0.550. The fraction of sp³-hybridized carbons (Fsp3) is 0.353. The van der Waals surface area contributed by atoms with Crippen LogP contribution in [-0.4, -0.2) is 31.0 Å². The number of halogens is 2. The lowest BCUT2D eigenvalue weighted by Gasteiger charge is -2.25. The van der Waals surface area contributed by atoms with Crippen molar-refractivity contribution in [1.82, 2.24) is 9.88 Å². The molecule has 0 saturated carbocycles. The molecule has 0 saturated heterocycles. The summed E-state index contributed by atoms with van der Waals surface area (Å²) in [4.78, 5) is 8.56. The van der Waals surface area contributed by atoms with E-state index in [4.69, 9.17) is 11.6 Å². The Bertz CT molecular complexity index is 628. The van der Waals surface area contributed by atoms with E-state index in [1.54, 1.807) is 12.1 Å². The molecule has 118 valence electrons. The quantitative estimate of drug-likeness (QED) is 0.825. The summed E-state index contributed by atoms with van der Waals surface area (Å²) in [6.07, 6.45) is 1.89. The Morgan fingerprint density at radius 1 is 1.18 bits per heavy atom. The average Bonchev–Trinajstić information content (AvgIpc) is 2.49. The molecule has 0 amide bonds. The molecule has 0 spiro atoms. The Balaban J connectivity index is 2.07. The number of pyridine rings is 1. The van der Waals surface area contributed by atoms with Crippen LogP contribution in [0.2, 0.25) is 5.02 Å². The molecule has 1 aromatic heterocycles. The number of benzene rings is 1. The molecule has 1 heterocycles. The maximum atomic E-state index is 13.3. The highest BCUT2D eigenvalue weighted by molar-refractivity contribution is 6.30. The zero-order valence-corrected chi connectivity index (χ0v) is 14.1. The first kappa shape index (κ1) is 16.7. The second-order valence-corrected chi connectivity index (χ2v) is 6.09. The second-order valence-electron chi connectivity index (χ2n) is 5.68. The Kier molecular flexibility index (Phi) is 5.37. The Hall–Kier alpha value is -1.65. The van der Waals surface area contributed by atoms with Crippen molar-refractivity contribution in [2.45, 2.75) is 19.5 Å². The highest BCUT2D eigenvalue weighted by Crippen LogP contribution is 2.25. The van der Waals surface area contributed by atoms with Crippen molar-refractivity contribution < 1.29 is 4.39 Å². The van der Waals surface area contributed by atoms with Crippen LogP contribution in [0.4, 0.5) is 10.2 Å². The number of nitrogens with zero attached hydrogens (tertiary/aromatic N) is 3. The van der Waals surface area contributed by atoms with Gasteiger partial charge in [-0.1, -0.05) is 23.7 Å². The smallest absolute Gasteiger partial charge is 0.141 e. The molecule has 0 bridgehead atoms. The summed E-state index contributed by atoms with van der Waals surface area (Å²) in [7, 11) is 5.96. The lowest BCUT2D eigenvalue weighted by atomic mass is 10.1. The highest BCUT2D eigenvalue weighted by atomic mass is 35.5. The molecule has 0 aliphatic rings. The molecule has 1 atom stereocenters. The molecular formula is C17H21ClFN3. The van der Waals surface area contributed by atoms with Crippen LogP contribution in [-0.2, 0) is 6.54 Å². The van der Waals surface area contributed by atoms with Crippen LogP contribution in [0.15, 0.2) is 36.5 Å². The maximum Gasteiger partial charge on any atom is 0.141 e. The third-order valence-electron chi connectivity index (χ3n) is 3.79. The standard InChI is InChI=1S/C17H21ClFN3/c1-12(14-6-7-16(19)15(18)9-14)22(4)11-13-5-8-17(20-10-13)21(2)3/h5-10,12H,11H2,1-4H3. The van der Waals surface area contributed by atoms with Gasteiger partial charge in [0.05, 0.1) is 5.02 Å².